The summed E-state index contributed by atoms with van der Waals surface area (Å²) in [5.74, 6) is -4.43. The lowest BCUT2D eigenvalue weighted by Crippen LogP contribution is -2.41. The van der Waals surface area contributed by atoms with E-state index < -0.39 is 48.1 Å². The summed E-state index contributed by atoms with van der Waals surface area (Å²) in [6.45, 7) is -0.538. The highest BCUT2D eigenvalue weighted by Crippen LogP contribution is 2.41. The van der Waals surface area contributed by atoms with E-state index in [0.717, 1.165) is 17.3 Å². The van der Waals surface area contributed by atoms with Gasteiger partial charge < -0.3 is 24.4 Å². The standard InChI is InChI=1S/C18H18F2N2O6.C8H7ClO2.CH4/c19-18(20)15(25)13(9-23)28-16(18)22-7-6-12(21-17(22)26)8-14(24)27-10-11-4-2-1-3-5-11;9-8(10)11-6-7-4-2-1-3-5-7;/h1-7,13,15-16,23,25H,8-10H2;1-5H,6H2;1H4. The van der Waals surface area contributed by atoms with Gasteiger partial charge in [-0.2, -0.15) is 13.8 Å². The fraction of sp³-hybridized carbons (Fsp3) is 0.333. The number of hydrogen-bond donors (Lipinski definition) is 2. The van der Waals surface area contributed by atoms with Gasteiger partial charge >= 0.3 is 23.0 Å². The third-order valence-electron chi connectivity index (χ3n) is 5.46. The first-order chi connectivity index (χ1) is 18.6. The molecule has 1 aliphatic heterocycles. The van der Waals surface area contributed by atoms with Crippen molar-refractivity contribution in [2.45, 2.75) is 51.4 Å². The highest BCUT2D eigenvalue weighted by atomic mass is 35.5. The maximum absolute atomic E-state index is 14.1. The molecule has 0 spiro atoms. The van der Waals surface area contributed by atoms with Crippen molar-refractivity contribution in [3.63, 3.8) is 0 Å². The van der Waals surface area contributed by atoms with Gasteiger partial charge in [-0.1, -0.05) is 68.1 Å². The Morgan fingerprint density at radius 2 is 1.55 bits per heavy atom. The molecule has 3 atom stereocenters. The van der Waals surface area contributed by atoms with E-state index in [4.69, 9.17) is 26.2 Å². The van der Waals surface area contributed by atoms with Gasteiger partial charge in [0.2, 0.25) is 6.23 Å². The van der Waals surface area contributed by atoms with Gasteiger partial charge in [0.15, 0.2) is 6.10 Å². The van der Waals surface area contributed by atoms with Crippen LogP contribution in [-0.2, 0) is 38.6 Å². The third-order valence-corrected chi connectivity index (χ3v) is 5.57. The smallest absolute Gasteiger partial charge is 0.404 e. The summed E-state index contributed by atoms with van der Waals surface area (Å²) in [6.07, 6.45) is -5.22. The second-order valence-corrected chi connectivity index (χ2v) is 8.58. The molecule has 2 N–H and O–H groups in total. The second kappa shape index (κ2) is 15.2. The Balaban J connectivity index is 0.000000394. The normalized spacial score (nSPS) is 19.0. The average Bonchev–Trinajstić information content (AvgIpc) is 3.16. The molecule has 10 nitrogen and oxygen atoms in total. The number of ether oxygens (including phenoxy) is 3. The van der Waals surface area contributed by atoms with Crippen molar-refractivity contribution in [1.82, 2.24) is 9.55 Å². The zero-order chi connectivity index (χ0) is 28.4. The van der Waals surface area contributed by atoms with Gasteiger partial charge in [-0.15, -0.1) is 0 Å². The van der Waals surface area contributed by atoms with E-state index in [0.29, 0.717) is 4.57 Å². The largest absolute Gasteiger partial charge is 0.461 e. The molecule has 13 heteroatoms. The number of aliphatic hydroxyl groups is 2. The first kappa shape index (κ1) is 32.5. The van der Waals surface area contributed by atoms with Crippen LogP contribution in [0, 0.1) is 0 Å². The molecule has 2 heterocycles. The summed E-state index contributed by atoms with van der Waals surface area (Å²) in [7, 11) is 0. The van der Waals surface area contributed by atoms with Gasteiger partial charge in [0.25, 0.3) is 0 Å². The van der Waals surface area contributed by atoms with Gasteiger partial charge in [0.05, 0.1) is 18.7 Å². The molecule has 1 saturated heterocycles. The van der Waals surface area contributed by atoms with Crippen LogP contribution in [0.4, 0.5) is 13.6 Å². The Bertz CT molecular complexity index is 1290. The number of esters is 1. The average molecular weight is 583 g/mol. The molecule has 0 bridgehead atoms. The molecule has 2 aromatic carbocycles. The number of carbonyl (C=O) groups excluding carboxylic acids is 2. The molecule has 1 fully saturated rings. The van der Waals surface area contributed by atoms with Crippen molar-refractivity contribution in [3.05, 3.63) is 100 Å². The van der Waals surface area contributed by atoms with Crippen LogP contribution in [0.2, 0.25) is 0 Å². The number of aromatic nitrogens is 2. The van der Waals surface area contributed by atoms with E-state index in [1.165, 1.54) is 6.07 Å². The number of carbonyl (C=O) groups is 2. The minimum Gasteiger partial charge on any atom is -0.461 e. The minimum atomic E-state index is -3.80. The Labute approximate surface area is 233 Å². The molecule has 0 amide bonds. The number of halogens is 3. The van der Waals surface area contributed by atoms with Gasteiger partial charge in [-0.3, -0.25) is 9.36 Å². The summed E-state index contributed by atoms with van der Waals surface area (Å²) in [4.78, 5) is 37.8. The topological polar surface area (TPSA) is 137 Å². The van der Waals surface area contributed by atoms with Crippen LogP contribution < -0.4 is 5.69 Å². The fourth-order valence-corrected chi connectivity index (χ4v) is 3.55. The third kappa shape index (κ3) is 8.91. The molecule has 40 heavy (non-hydrogen) atoms. The summed E-state index contributed by atoms with van der Waals surface area (Å²) < 4.78 is 43.3. The van der Waals surface area contributed by atoms with E-state index in [1.807, 2.05) is 36.4 Å². The van der Waals surface area contributed by atoms with E-state index in [2.05, 4.69) is 9.72 Å². The number of nitrogens with zero attached hydrogens (tertiary/aromatic N) is 2. The lowest BCUT2D eigenvalue weighted by molar-refractivity contribution is -0.144. The van der Waals surface area contributed by atoms with E-state index >= 15 is 0 Å². The van der Waals surface area contributed by atoms with Crippen molar-refractivity contribution < 1.29 is 42.8 Å². The summed E-state index contributed by atoms with van der Waals surface area (Å²) in [6, 6.07) is 19.5. The van der Waals surface area contributed by atoms with Crippen molar-refractivity contribution in [2.24, 2.45) is 0 Å². The molecule has 1 aromatic heterocycles. The molecule has 216 valence electrons. The van der Waals surface area contributed by atoms with E-state index in [-0.39, 0.29) is 32.8 Å². The predicted octanol–water partition coefficient (Wildman–Crippen LogP) is 3.61. The number of hydrogen-bond acceptors (Lipinski definition) is 9. The van der Waals surface area contributed by atoms with Crippen LogP contribution in [0.15, 0.2) is 77.7 Å². The number of rotatable bonds is 8. The highest BCUT2D eigenvalue weighted by molar-refractivity contribution is 6.61. The first-order valence-electron chi connectivity index (χ1n) is 11.6. The van der Waals surface area contributed by atoms with Crippen molar-refractivity contribution in [2.75, 3.05) is 6.61 Å². The van der Waals surface area contributed by atoms with E-state index in [9.17, 15) is 28.3 Å². The number of alkyl halides is 2. The van der Waals surface area contributed by atoms with Crippen LogP contribution in [0.5, 0.6) is 0 Å². The SMILES string of the molecule is C.O=C(Cc1ccn(C2OC(CO)C(O)C2(F)F)c(=O)n1)OCc1ccccc1.O=C(Cl)OCc1ccccc1. The zero-order valence-corrected chi connectivity index (χ0v) is 21.1. The molecule has 3 unspecified atom stereocenters. The number of aliphatic hydroxyl groups excluding tert-OH is 2. The molecular weight excluding hydrogens is 554 g/mol. The van der Waals surface area contributed by atoms with Gasteiger partial charge in [-0.25, -0.2) is 9.59 Å². The summed E-state index contributed by atoms with van der Waals surface area (Å²) >= 11 is 4.97. The Morgan fingerprint density at radius 1 is 1.00 bits per heavy atom. The van der Waals surface area contributed by atoms with Crippen LogP contribution in [0.25, 0.3) is 0 Å². The Kier molecular flexibility index (Phi) is 12.3. The van der Waals surface area contributed by atoms with Crippen molar-refractivity contribution in [1.29, 1.82) is 0 Å². The molecule has 1 aliphatic rings. The molecule has 0 radical (unpaired) electrons. The quantitative estimate of drug-likeness (QED) is 0.301. The van der Waals surface area contributed by atoms with Crippen LogP contribution in [0.1, 0.15) is 30.5 Å². The van der Waals surface area contributed by atoms with Crippen molar-refractivity contribution in [3.8, 4) is 0 Å². The van der Waals surface area contributed by atoms with Gasteiger partial charge in [0.1, 0.15) is 19.3 Å². The maximum atomic E-state index is 14.1. The van der Waals surface area contributed by atoms with Gasteiger partial charge in [0, 0.05) is 17.8 Å². The fourth-order valence-electron chi connectivity index (χ4n) is 3.49. The zero-order valence-electron chi connectivity index (χ0n) is 20.4. The highest BCUT2D eigenvalue weighted by Gasteiger charge is 2.59. The van der Waals surface area contributed by atoms with Gasteiger partial charge in [-0.05, 0) is 17.2 Å². The maximum Gasteiger partial charge on any atom is 0.404 e. The molecular formula is C27H29ClF2N2O8. The monoisotopic (exact) mass is 582 g/mol. The Morgan fingerprint density at radius 3 is 2.02 bits per heavy atom. The summed E-state index contributed by atoms with van der Waals surface area (Å²) in [5, 5.41) is 18.5. The molecule has 3 aromatic rings. The second-order valence-electron chi connectivity index (χ2n) is 8.27. The minimum absolute atomic E-state index is 0. The summed E-state index contributed by atoms with van der Waals surface area (Å²) in [5.41, 5.74) is -0.0871. The molecule has 0 saturated carbocycles. The lowest BCUT2D eigenvalue weighted by atomic mass is 10.1. The molecule has 4 rings (SSSR count). The number of benzene rings is 2. The van der Waals surface area contributed by atoms with Crippen molar-refractivity contribution >= 4 is 23.0 Å². The lowest BCUT2D eigenvalue weighted by Gasteiger charge is -2.21. The van der Waals surface area contributed by atoms with E-state index in [1.54, 1.807) is 24.3 Å². The van der Waals surface area contributed by atoms with Crippen LogP contribution in [0.3, 0.4) is 0 Å². The predicted molar refractivity (Wildman–Crippen MR) is 140 cm³/mol. The van der Waals surface area contributed by atoms with Crippen LogP contribution >= 0.6 is 11.6 Å². The Hall–Kier alpha value is -3.71. The molecule has 0 aliphatic carbocycles. The van der Waals surface area contributed by atoms with Crippen LogP contribution in [-0.4, -0.2) is 55.9 Å². The first-order valence-corrected chi connectivity index (χ1v) is 12.0.